The van der Waals surface area contributed by atoms with E-state index in [1.165, 1.54) is 0 Å². The summed E-state index contributed by atoms with van der Waals surface area (Å²) in [4.78, 5) is 0. The molecule has 0 amide bonds. The number of hydrogen-bond acceptors (Lipinski definition) is 4. The Balaban J connectivity index is 2.10. The molecule has 1 aliphatic carbocycles. The highest BCUT2D eigenvalue weighted by Gasteiger charge is 2.30. The highest BCUT2D eigenvalue weighted by atomic mass is 32.2. The first-order valence-corrected chi connectivity index (χ1v) is 8.30. The molecule has 0 aromatic heterocycles. The van der Waals surface area contributed by atoms with Crippen LogP contribution < -0.4 is 4.72 Å². The number of aliphatic hydroxyl groups excluding tert-OH is 1. The lowest BCUT2D eigenvalue weighted by atomic mass is 10.1. The standard InChI is InChI=1S/C14H18N2O3S/c15-8-11-4-1-2-5-13(11)10-20(18,19)16-14-7-3-6-12(14)9-17/h1-2,4-5,12,14,16-17H,3,6-7,9-10H2. The molecule has 1 saturated carbocycles. The Morgan fingerprint density at radius 3 is 2.80 bits per heavy atom. The second kappa shape index (κ2) is 6.35. The molecule has 6 heteroatoms. The average Bonchev–Trinajstić information content (AvgIpc) is 2.85. The van der Waals surface area contributed by atoms with Crippen molar-refractivity contribution in [2.24, 2.45) is 5.92 Å². The SMILES string of the molecule is N#Cc1ccccc1CS(=O)(=O)NC1CCCC1CO. The number of rotatable bonds is 5. The molecule has 0 saturated heterocycles. The van der Waals surface area contributed by atoms with Crippen molar-refractivity contribution in [2.75, 3.05) is 6.61 Å². The zero-order valence-electron chi connectivity index (χ0n) is 11.1. The number of benzene rings is 1. The Bertz CT molecular complexity index is 607. The number of hydrogen-bond donors (Lipinski definition) is 2. The zero-order chi connectivity index (χ0) is 14.6. The van der Waals surface area contributed by atoms with Gasteiger partial charge in [0.25, 0.3) is 0 Å². The molecule has 1 fully saturated rings. The molecule has 2 unspecified atom stereocenters. The van der Waals surface area contributed by atoms with E-state index in [0.717, 1.165) is 19.3 Å². The Morgan fingerprint density at radius 2 is 2.10 bits per heavy atom. The van der Waals surface area contributed by atoms with Crippen LogP contribution in [-0.4, -0.2) is 26.2 Å². The molecule has 0 spiro atoms. The summed E-state index contributed by atoms with van der Waals surface area (Å²) in [6.07, 6.45) is 2.52. The van der Waals surface area contributed by atoms with Crippen molar-refractivity contribution in [3.05, 3.63) is 35.4 Å². The van der Waals surface area contributed by atoms with Crippen molar-refractivity contribution in [3.63, 3.8) is 0 Å². The first-order valence-electron chi connectivity index (χ1n) is 6.64. The predicted molar refractivity (Wildman–Crippen MR) is 75.1 cm³/mol. The van der Waals surface area contributed by atoms with Crippen LogP contribution in [0.5, 0.6) is 0 Å². The minimum atomic E-state index is -3.51. The monoisotopic (exact) mass is 294 g/mol. The Labute approximate surface area is 119 Å². The van der Waals surface area contributed by atoms with Crippen LogP contribution >= 0.6 is 0 Å². The fourth-order valence-corrected chi connectivity index (χ4v) is 4.16. The van der Waals surface area contributed by atoms with E-state index in [0.29, 0.717) is 11.1 Å². The summed E-state index contributed by atoms with van der Waals surface area (Å²) in [5, 5.41) is 18.2. The third-order valence-corrected chi connectivity index (χ3v) is 5.06. The van der Waals surface area contributed by atoms with Gasteiger partial charge < -0.3 is 5.11 Å². The molecule has 1 aromatic carbocycles. The van der Waals surface area contributed by atoms with Gasteiger partial charge in [-0.15, -0.1) is 0 Å². The first kappa shape index (κ1) is 15.0. The van der Waals surface area contributed by atoms with Gasteiger partial charge in [-0.2, -0.15) is 5.26 Å². The van der Waals surface area contributed by atoms with Crippen molar-refractivity contribution in [3.8, 4) is 6.07 Å². The zero-order valence-corrected chi connectivity index (χ0v) is 11.9. The molecule has 5 nitrogen and oxygen atoms in total. The van der Waals surface area contributed by atoms with Gasteiger partial charge in [0.15, 0.2) is 0 Å². The van der Waals surface area contributed by atoms with Gasteiger partial charge >= 0.3 is 0 Å². The molecule has 108 valence electrons. The van der Waals surface area contributed by atoms with Crippen LogP contribution in [0.25, 0.3) is 0 Å². The normalized spacial score (nSPS) is 22.6. The smallest absolute Gasteiger partial charge is 0.216 e. The van der Waals surface area contributed by atoms with Gasteiger partial charge in [-0.05, 0) is 30.4 Å². The van der Waals surface area contributed by atoms with Crippen molar-refractivity contribution in [2.45, 2.75) is 31.1 Å². The lowest BCUT2D eigenvalue weighted by Gasteiger charge is -2.19. The molecule has 2 N–H and O–H groups in total. The molecule has 0 aliphatic heterocycles. The van der Waals surface area contributed by atoms with Crippen LogP contribution in [0.1, 0.15) is 30.4 Å². The maximum Gasteiger partial charge on any atom is 0.216 e. The highest BCUT2D eigenvalue weighted by molar-refractivity contribution is 7.88. The van der Waals surface area contributed by atoms with Crippen LogP contribution in [0.3, 0.4) is 0 Å². The largest absolute Gasteiger partial charge is 0.396 e. The minimum absolute atomic E-state index is 0.00195. The molecule has 2 rings (SSSR count). The van der Waals surface area contributed by atoms with E-state index < -0.39 is 10.0 Å². The van der Waals surface area contributed by atoms with Crippen molar-refractivity contribution >= 4 is 10.0 Å². The molecular weight excluding hydrogens is 276 g/mol. The van der Waals surface area contributed by atoms with E-state index in [1.54, 1.807) is 24.3 Å². The molecule has 0 radical (unpaired) electrons. The number of nitrogens with one attached hydrogen (secondary N) is 1. The highest BCUT2D eigenvalue weighted by Crippen LogP contribution is 2.26. The third-order valence-electron chi connectivity index (χ3n) is 3.71. The molecule has 1 aliphatic rings. The maximum absolute atomic E-state index is 12.2. The van der Waals surface area contributed by atoms with E-state index >= 15 is 0 Å². The van der Waals surface area contributed by atoms with Gasteiger partial charge in [0.1, 0.15) is 0 Å². The Morgan fingerprint density at radius 1 is 1.35 bits per heavy atom. The maximum atomic E-state index is 12.2. The molecular formula is C14H18N2O3S. The van der Waals surface area contributed by atoms with Crippen LogP contribution in [0.15, 0.2) is 24.3 Å². The Kier molecular flexibility index (Phi) is 4.76. The number of aliphatic hydroxyl groups is 1. The second-order valence-electron chi connectivity index (χ2n) is 5.13. The molecule has 1 aromatic rings. The lowest BCUT2D eigenvalue weighted by molar-refractivity contribution is 0.213. The van der Waals surface area contributed by atoms with Crippen molar-refractivity contribution in [1.29, 1.82) is 5.26 Å². The molecule has 2 atom stereocenters. The summed E-state index contributed by atoms with van der Waals surface area (Å²) in [6.45, 7) is 0.00195. The molecule has 0 bridgehead atoms. The third kappa shape index (κ3) is 3.57. The van der Waals surface area contributed by atoms with Gasteiger partial charge in [0.05, 0.1) is 17.4 Å². The van der Waals surface area contributed by atoms with E-state index in [-0.39, 0.29) is 24.3 Å². The first-order chi connectivity index (χ1) is 9.55. The predicted octanol–water partition coefficient (Wildman–Crippen LogP) is 1.14. The van der Waals surface area contributed by atoms with Gasteiger partial charge in [0, 0.05) is 12.6 Å². The topological polar surface area (TPSA) is 90.2 Å². The van der Waals surface area contributed by atoms with E-state index in [2.05, 4.69) is 4.72 Å². The molecule has 0 heterocycles. The summed E-state index contributed by atoms with van der Waals surface area (Å²) in [6, 6.07) is 8.49. The van der Waals surface area contributed by atoms with E-state index in [9.17, 15) is 13.5 Å². The average molecular weight is 294 g/mol. The number of nitrogens with zero attached hydrogens (tertiary/aromatic N) is 1. The summed E-state index contributed by atoms with van der Waals surface area (Å²) in [5.74, 6) is -0.207. The van der Waals surface area contributed by atoms with Crippen molar-refractivity contribution < 1.29 is 13.5 Å². The summed E-state index contributed by atoms with van der Waals surface area (Å²) in [5.41, 5.74) is 0.879. The van der Waals surface area contributed by atoms with Crippen LogP contribution in [0, 0.1) is 17.2 Å². The summed E-state index contributed by atoms with van der Waals surface area (Å²) >= 11 is 0. The fourth-order valence-electron chi connectivity index (χ4n) is 2.64. The quantitative estimate of drug-likeness (QED) is 0.852. The van der Waals surface area contributed by atoms with Crippen molar-refractivity contribution in [1.82, 2.24) is 4.72 Å². The van der Waals surface area contributed by atoms with Gasteiger partial charge in [0.2, 0.25) is 10.0 Å². The van der Waals surface area contributed by atoms with Gasteiger partial charge in [-0.3, -0.25) is 0 Å². The fraction of sp³-hybridized carbons (Fsp3) is 0.500. The van der Waals surface area contributed by atoms with Crippen LogP contribution in [-0.2, 0) is 15.8 Å². The van der Waals surface area contributed by atoms with Crippen LogP contribution in [0.2, 0.25) is 0 Å². The lowest BCUT2D eigenvalue weighted by Crippen LogP contribution is -2.39. The second-order valence-corrected chi connectivity index (χ2v) is 6.88. The van der Waals surface area contributed by atoms with Gasteiger partial charge in [-0.25, -0.2) is 13.1 Å². The van der Waals surface area contributed by atoms with Gasteiger partial charge in [-0.1, -0.05) is 24.6 Å². The van der Waals surface area contributed by atoms with Crippen LogP contribution in [0.4, 0.5) is 0 Å². The molecule has 20 heavy (non-hydrogen) atoms. The minimum Gasteiger partial charge on any atom is -0.396 e. The van der Waals surface area contributed by atoms with E-state index in [1.807, 2.05) is 6.07 Å². The number of sulfonamides is 1. The Hall–Kier alpha value is -1.42. The number of nitriles is 1. The van der Waals surface area contributed by atoms with E-state index in [4.69, 9.17) is 5.26 Å². The summed E-state index contributed by atoms with van der Waals surface area (Å²) in [7, 11) is -3.51. The summed E-state index contributed by atoms with van der Waals surface area (Å²) < 4.78 is 27.0.